The van der Waals surface area contributed by atoms with Crippen molar-refractivity contribution in [3.63, 3.8) is 0 Å². The van der Waals surface area contributed by atoms with Crippen LogP contribution in [0.15, 0.2) is 36.7 Å². The lowest BCUT2D eigenvalue weighted by Gasteiger charge is -2.18. The summed E-state index contributed by atoms with van der Waals surface area (Å²) in [6, 6.07) is 9.01. The standard InChI is InChI=1S/C14H18IN3/c1-2-7-16-13(10-14-17-8-9-18-14)11-3-5-12(15)6-4-11/h3-6,8-9,13,16H,2,7,10H2,1H3,(H,17,18). The molecule has 18 heavy (non-hydrogen) atoms. The molecule has 0 radical (unpaired) electrons. The van der Waals surface area contributed by atoms with Gasteiger partial charge in [0.05, 0.1) is 0 Å². The van der Waals surface area contributed by atoms with Crippen molar-refractivity contribution in [1.29, 1.82) is 0 Å². The molecule has 0 bridgehead atoms. The van der Waals surface area contributed by atoms with Gasteiger partial charge >= 0.3 is 0 Å². The van der Waals surface area contributed by atoms with Gasteiger partial charge in [0.25, 0.3) is 0 Å². The molecule has 0 spiro atoms. The van der Waals surface area contributed by atoms with Crippen LogP contribution in [0.1, 0.15) is 30.8 Å². The first-order valence-electron chi connectivity index (χ1n) is 6.26. The summed E-state index contributed by atoms with van der Waals surface area (Å²) in [5.41, 5.74) is 1.32. The summed E-state index contributed by atoms with van der Waals surface area (Å²) in [6.45, 7) is 3.21. The molecule has 2 N–H and O–H groups in total. The maximum absolute atomic E-state index is 4.31. The van der Waals surface area contributed by atoms with E-state index in [9.17, 15) is 0 Å². The summed E-state index contributed by atoms with van der Waals surface area (Å²) in [5, 5.41) is 3.58. The van der Waals surface area contributed by atoms with Crippen LogP contribution in [-0.4, -0.2) is 16.5 Å². The fourth-order valence-electron chi connectivity index (χ4n) is 1.92. The topological polar surface area (TPSA) is 40.7 Å². The molecule has 0 fully saturated rings. The molecule has 0 aliphatic rings. The van der Waals surface area contributed by atoms with Crippen LogP contribution < -0.4 is 5.32 Å². The van der Waals surface area contributed by atoms with Crippen molar-refractivity contribution < 1.29 is 0 Å². The highest BCUT2D eigenvalue weighted by atomic mass is 127. The normalized spacial score (nSPS) is 12.6. The number of nitrogens with zero attached hydrogens (tertiary/aromatic N) is 1. The predicted molar refractivity (Wildman–Crippen MR) is 82.5 cm³/mol. The van der Waals surface area contributed by atoms with Gasteiger partial charge in [0, 0.05) is 28.4 Å². The molecule has 0 aliphatic heterocycles. The van der Waals surface area contributed by atoms with Gasteiger partial charge in [0.1, 0.15) is 5.82 Å². The molecule has 2 rings (SSSR count). The number of H-pyrrole nitrogens is 1. The zero-order valence-corrected chi connectivity index (χ0v) is 12.6. The van der Waals surface area contributed by atoms with Crippen LogP contribution in [0.4, 0.5) is 0 Å². The van der Waals surface area contributed by atoms with Crippen LogP contribution in [-0.2, 0) is 6.42 Å². The number of benzene rings is 1. The van der Waals surface area contributed by atoms with E-state index in [1.165, 1.54) is 9.13 Å². The first kappa shape index (κ1) is 13.5. The van der Waals surface area contributed by atoms with Crippen molar-refractivity contribution in [1.82, 2.24) is 15.3 Å². The number of hydrogen-bond donors (Lipinski definition) is 2. The number of aromatic nitrogens is 2. The Labute approximate surface area is 122 Å². The van der Waals surface area contributed by atoms with Gasteiger partial charge in [-0.15, -0.1) is 0 Å². The third kappa shape index (κ3) is 3.81. The molecule has 1 unspecified atom stereocenters. The maximum atomic E-state index is 4.31. The monoisotopic (exact) mass is 355 g/mol. The van der Waals surface area contributed by atoms with E-state index >= 15 is 0 Å². The lowest BCUT2D eigenvalue weighted by Crippen LogP contribution is -2.24. The Morgan fingerprint density at radius 2 is 2.11 bits per heavy atom. The fraction of sp³-hybridized carbons (Fsp3) is 0.357. The van der Waals surface area contributed by atoms with E-state index in [2.05, 4.69) is 69.1 Å². The molecule has 4 heteroatoms. The molecule has 1 heterocycles. The maximum Gasteiger partial charge on any atom is 0.107 e. The third-order valence-corrected chi connectivity index (χ3v) is 3.58. The highest BCUT2D eigenvalue weighted by Gasteiger charge is 2.12. The first-order valence-corrected chi connectivity index (χ1v) is 7.34. The lowest BCUT2D eigenvalue weighted by atomic mass is 10.0. The molecule has 0 amide bonds. The van der Waals surface area contributed by atoms with E-state index in [0.29, 0.717) is 6.04 Å². The van der Waals surface area contributed by atoms with E-state index in [4.69, 9.17) is 0 Å². The van der Waals surface area contributed by atoms with Gasteiger partial charge in [-0.3, -0.25) is 0 Å². The molecule has 96 valence electrons. The van der Waals surface area contributed by atoms with Crippen LogP contribution in [0, 0.1) is 3.57 Å². The SMILES string of the molecule is CCCNC(Cc1ncc[nH]1)c1ccc(I)cc1. The van der Waals surface area contributed by atoms with Crippen molar-refractivity contribution in [2.24, 2.45) is 0 Å². The fourth-order valence-corrected chi connectivity index (χ4v) is 2.28. The Morgan fingerprint density at radius 1 is 1.33 bits per heavy atom. The highest BCUT2D eigenvalue weighted by Crippen LogP contribution is 2.18. The second-order valence-electron chi connectivity index (χ2n) is 4.30. The average Bonchev–Trinajstić information content (AvgIpc) is 2.88. The van der Waals surface area contributed by atoms with Crippen molar-refractivity contribution in [2.75, 3.05) is 6.54 Å². The van der Waals surface area contributed by atoms with Gasteiger partial charge in [-0.1, -0.05) is 19.1 Å². The number of rotatable bonds is 6. The summed E-state index contributed by atoms with van der Waals surface area (Å²) < 4.78 is 1.27. The smallest absolute Gasteiger partial charge is 0.107 e. The second-order valence-corrected chi connectivity index (χ2v) is 5.54. The number of imidazole rings is 1. The number of aromatic amines is 1. The zero-order valence-electron chi connectivity index (χ0n) is 10.5. The minimum atomic E-state index is 0.327. The van der Waals surface area contributed by atoms with Gasteiger partial charge in [0.2, 0.25) is 0 Å². The molecule has 2 aromatic rings. The minimum absolute atomic E-state index is 0.327. The zero-order chi connectivity index (χ0) is 12.8. The van der Waals surface area contributed by atoms with Crippen molar-refractivity contribution in [2.45, 2.75) is 25.8 Å². The number of halogens is 1. The van der Waals surface area contributed by atoms with Crippen molar-refractivity contribution in [3.8, 4) is 0 Å². The van der Waals surface area contributed by atoms with E-state index in [1.807, 2.05) is 6.20 Å². The van der Waals surface area contributed by atoms with E-state index < -0.39 is 0 Å². The Balaban J connectivity index is 2.11. The average molecular weight is 355 g/mol. The Bertz CT molecular complexity index is 450. The summed E-state index contributed by atoms with van der Waals surface area (Å²) in [7, 11) is 0. The molecular formula is C14H18IN3. The molecule has 0 aliphatic carbocycles. The van der Waals surface area contributed by atoms with E-state index in [0.717, 1.165) is 25.2 Å². The van der Waals surface area contributed by atoms with Gasteiger partial charge in [-0.05, 0) is 53.3 Å². The lowest BCUT2D eigenvalue weighted by molar-refractivity contribution is 0.520. The Kier molecular flexibility index (Phi) is 5.19. The summed E-state index contributed by atoms with van der Waals surface area (Å²) in [5.74, 6) is 1.03. The van der Waals surface area contributed by atoms with Gasteiger partial charge in [-0.25, -0.2) is 4.98 Å². The summed E-state index contributed by atoms with van der Waals surface area (Å²) >= 11 is 2.33. The predicted octanol–water partition coefficient (Wildman–Crippen LogP) is 3.30. The molecular weight excluding hydrogens is 337 g/mol. The van der Waals surface area contributed by atoms with E-state index in [-0.39, 0.29) is 0 Å². The largest absolute Gasteiger partial charge is 0.349 e. The first-order chi connectivity index (χ1) is 8.79. The van der Waals surface area contributed by atoms with Gasteiger partial charge in [-0.2, -0.15) is 0 Å². The Morgan fingerprint density at radius 3 is 2.72 bits per heavy atom. The van der Waals surface area contributed by atoms with Crippen LogP contribution in [0.5, 0.6) is 0 Å². The molecule has 3 nitrogen and oxygen atoms in total. The molecule has 0 saturated carbocycles. The molecule has 1 atom stereocenters. The molecule has 1 aromatic heterocycles. The van der Waals surface area contributed by atoms with Crippen molar-refractivity contribution >= 4 is 22.6 Å². The van der Waals surface area contributed by atoms with Crippen LogP contribution in [0.25, 0.3) is 0 Å². The van der Waals surface area contributed by atoms with E-state index in [1.54, 1.807) is 6.20 Å². The highest BCUT2D eigenvalue weighted by molar-refractivity contribution is 14.1. The van der Waals surface area contributed by atoms with Gasteiger partial charge < -0.3 is 10.3 Å². The van der Waals surface area contributed by atoms with Crippen LogP contribution in [0.3, 0.4) is 0 Å². The Hall–Kier alpha value is -0.880. The van der Waals surface area contributed by atoms with Crippen LogP contribution in [0.2, 0.25) is 0 Å². The van der Waals surface area contributed by atoms with Crippen molar-refractivity contribution in [3.05, 3.63) is 51.6 Å². The van der Waals surface area contributed by atoms with Gasteiger partial charge in [0.15, 0.2) is 0 Å². The minimum Gasteiger partial charge on any atom is -0.349 e. The summed E-state index contributed by atoms with van der Waals surface area (Å²) in [6.07, 6.45) is 5.72. The summed E-state index contributed by atoms with van der Waals surface area (Å²) in [4.78, 5) is 7.48. The molecule has 0 saturated heterocycles. The number of hydrogen-bond acceptors (Lipinski definition) is 2. The number of nitrogens with one attached hydrogen (secondary N) is 2. The second kappa shape index (κ2) is 6.89. The quantitative estimate of drug-likeness (QED) is 0.781. The third-order valence-electron chi connectivity index (χ3n) is 2.87. The molecule has 1 aromatic carbocycles. The van der Waals surface area contributed by atoms with Crippen LogP contribution >= 0.6 is 22.6 Å².